The Morgan fingerprint density at radius 1 is 1.57 bits per heavy atom. The van der Waals surface area contributed by atoms with Crippen LogP contribution in [0.3, 0.4) is 0 Å². The summed E-state index contributed by atoms with van der Waals surface area (Å²) in [5.74, 6) is -1.18. The van der Waals surface area contributed by atoms with Crippen molar-refractivity contribution in [2.75, 3.05) is 6.67 Å². The molecule has 2 nitrogen and oxygen atoms in total. The fourth-order valence-electron chi connectivity index (χ4n) is 0.211. The predicted molar refractivity (Wildman–Crippen MR) is 20.9 cm³/mol. The Labute approximate surface area is 41.0 Å². The highest BCUT2D eigenvalue weighted by molar-refractivity contribution is 5.66. The van der Waals surface area contributed by atoms with E-state index in [0.717, 1.165) is 0 Å². The van der Waals surface area contributed by atoms with Gasteiger partial charge in [-0.05, 0) is 6.42 Å². The summed E-state index contributed by atoms with van der Waals surface area (Å²) < 4.78 is 11.1. The van der Waals surface area contributed by atoms with Gasteiger partial charge in [0.1, 0.15) is 0 Å². The maximum atomic E-state index is 11.1. The molecule has 0 saturated heterocycles. The standard InChI is InChI=1S/C4H6FO2/c5-3-1-2-4(6)7/h1-3H2. The van der Waals surface area contributed by atoms with Crippen LogP contribution in [-0.4, -0.2) is 12.6 Å². The zero-order valence-electron chi connectivity index (χ0n) is 3.82. The number of hydrogen-bond acceptors (Lipinski definition) is 1. The average molecular weight is 105 g/mol. The van der Waals surface area contributed by atoms with Crippen LogP contribution in [0.1, 0.15) is 12.8 Å². The van der Waals surface area contributed by atoms with E-state index in [9.17, 15) is 14.3 Å². The molecule has 0 aliphatic rings. The van der Waals surface area contributed by atoms with E-state index in [1.54, 1.807) is 0 Å². The Balaban J connectivity index is 2.82. The van der Waals surface area contributed by atoms with Gasteiger partial charge in [-0.25, -0.2) is 9.90 Å². The van der Waals surface area contributed by atoms with Crippen molar-refractivity contribution in [1.29, 1.82) is 0 Å². The fraction of sp³-hybridized carbons (Fsp3) is 0.750. The topological polar surface area (TPSA) is 37.0 Å². The summed E-state index contributed by atoms with van der Waals surface area (Å²) in [6, 6.07) is 0. The van der Waals surface area contributed by atoms with Crippen LogP contribution < -0.4 is 0 Å². The van der Waals surface area contributed by atoms with E-state index in [4.69, 9.17) is 0 Å². The number of carbonyl (C=O) groups excluding carboxylic acids is 1. The fourth-order valence-corrected chi connectivity index (χ4v) is 0.211. The quantitative estimate of drug-likeness (QED) is 0.520. The van der Waals surface area contributed by atoms with Crippen LogP contribution in [-0.2, 0) is 9.90 Å². The molecule has 3 heteroatoms. The molecule has 0 atom stereocenters. The molecule has 7 heavy (non-hydrogen) atoms. The smallest absolute Gasteiger partial charge is 0.251 e. The third-order valence-electron chi connectivity index (χ3n) is 0.515. The molecule has 1 radical (unpaired) electrons. The highest BCUT2D eigenvalue weighted by atomic mass is 19.1. The van der Waals surface area contributed by atoms with Crippen molar-refractivity contribution < 1.29 is 14.3 Å². The Morgan fingerprint density at radius 3 is 2.29 bits per heavy atom. The molecule has 0 N–H and O–H groups in total. The van der Waals surface area contributed by atoms with Crippen LogP contribution >= 0.6 is 0 Å². The van der Waals surface area contributed by atoms with Gasteiger partial charge < -0.3 is 0 Å². The first-order chi connectivity index (χ1) is 3.27. The van der Waals surface area contributed by atoms with Crippen molar-refractivity contribution in [2.24, 2.45) is 0 Å². The molecule has 0 saturated carbocycles. The lowest BCUT2D eigenvalue weighted by atomic mass is 10.3. The Morgan fingerprint density at radius 2 is 2.14 bits per heavy atom. The van der Waals surface area contributed by atoms with Crippen LogP contribution in [0.15, 0.2) is 0 Å². The van der Waals surface area contributed by atoms with Crippen LogP contribution in [0.4, 0.5) is 4.39 Å². The van der Waals surface area contributed by atoms with Gasteiger partial charge in [0.25, 0.3) is 0 Å². The van der Waals surface area contributed by atoms with Gasteiger partial charge in [0.15, 0.2) is 0 Å². The molecule has 0 spiro atoms. The van der Waals surface area contributed by atoms with Crippen molar-refractivity contribution in [3.8, 4) is 0 Å². The summed E-state index contributed by atoms with van der Waals surface area (Å²) in [5.41, 5.74) is 0. The maximum absolute atomic E-state index is 11.1. The predicted octanol–water partition coefficient (Wildman–Crippen LogP) is 0.693. The van der Waals surface area contributed by atoms with Gasteiger partial charge in [-0.3, -0.25) is 4.39 Å². The van der Waals surface area contributed by atoms with Crippen molar-refractivity contribution >= 4 is 5.97 Å². The summed E-state index contributed by atoms with van der Waals surface area (Å²) in [5, 5.41) is 9.48. The van der Waals surface area contributed by atoms with Gasteiger partial charge in [0.05, 0.1) is 13.1 Å². The first kappa shape index (κ1) is 6.40. The molecule has 0 aliphatic carbocycles. The molecule has 0 heterocycles. The zero-order chi connectivity index (χ0) is 5.70. The Hall–Kier alpha value is -0.600. The van der Waals surface area contributed by atoms with Crippen molar-refractivity contribution in [3.63, 3.8) is 0 Å². The molecular weight excluding hydrogens is 99.0 g/mol. The molecule has 0 aromatic carbocycles. The zero-order valence-corrected chi connectivity index (χ0v) is 3.82. The van der Waals surface area contributed by atoms with Gasteiger partial charge >= 0.3 is 5.97 Å². The second-order valence-corrected chi connectivity index (χ2v) is 1.16. The van der Waals surface area contributed by atoms with E-state index in [2.05, 4.69) is 0 Å². The van der Waals surface area contributed by atoms with E-state index in [-0.39, 0.29) is 12.8 Å². The average Bonchev–Trinajstić information content (AvgIpc) is 1.61. The molecule has 0 bridgehead atoms. The molecule has 0 amide bonds. The molecular formula is C4H6FO2. The summed E-state index contributed by atoms with van der Waals surface area (Å²) in [7, 11) is 0. The lowest BCUT2D eigenvalue weighted by Gasteiger charge is -1.80. The van der Waals surface area contributed by atoms with E-state index in [0.29, 0.717) is 0 Å². The summed E-state index contributed by atoms with van der Waals surface area (Å²) >= 11 is 0. The lowest BCUT2D eigenvalue weighted by Crippen LogP contribution is -1.91. The minimum Gasteiger partial charge on any atom is -0.251 e. The van der Waals surface area contributed by atoms with E-state index < -0.39 is 12.6 Å². The summed E-state index contributed by atoms with van der Waals surface area (Å²) in [6.07, 6.45) is -0.0984. The molecule has 0 rings (SSSR count). The van der Waals surface area contributed by atoms with Crippen LogP contribution in [0, 0.1) is 0 Å². The molecule has 0 aromatic rings. The number of carbonyl (C=O) groups is 1. The van der Waals surface area contributed by atoms with E-state index >= 15 is 0 Å². The first-order valence-corrected chi connectivity index (χ1v) is 2.03. The van der Waals surface area contributed by atoms with Crippen LogP contribution in [0.2, 0.25) is 0 Å². The molecule has 0 unspecified atom stereocenters. The minimum absolute atomic E-state index is 0.0718. The molecule has 0 aliphatic heterocycles. The Bertz CT molecular complexity index is 62.7. The van der Waals surface area contributed by atoms with Gasteiger partial charge in [0.2, 0.25) is 0 Å². The highest BCUT2D eigenvalue weighted by Gasteiger charge is 1.95. The molecule has 0 fully saturated rings. The Kier molecular flexibility index (Phi) is 3.28. The highest BCUT2D eigenvalue weighted by Crippen LogP contribution is 1.87. The monoisotopic (exact) mass is 105 g/mol. The van der Waals surface area contributed by atoms with E-state index in [1.807, 2.05) is 0 Å². The SMILES string of the molecule is [O]C(=O)CCCF. The number of rotatable bonds is 3. The lowest BCUT2D eigenvalue weighted by molar-refractivity contribution is -0.143. The first-order valence-electron chi connectivity index (χ1n) is 2.03. The normalized spacial score (nSPS) is 8.71. The number of halogens is 1. The van der Waals surface area contributed by atoms with Crippen molar-refractivity contribution in [2.45, 2.75) is 12.8 Å². The number of hydrogen-bond donors (Lipinski definition) is 0. The maximum Gasteiger partial charge on any atom is 0.355 e. The van der Waals surface area contributed by atoms with Gasteiger partial charge in [-0.15, -0.1) is 0 Å². The minimum atomic E-state index is -1.18. The second kappa shape index (κ2) is 3.59. The van der Waals surface area contributed by atoms with Gasteiger partial charge in [-0.1, -0.05) is 0 Å². The van der Waals surface area contributed by atoms with Gasteiger partial charge in [0, 0.05) is 0 Å². The summed E-state index contributed by atoms with van der Waals surface area (Å²) in [6.45, 7) is -0.575. The third kappa shape index (κ3) is 5.40. The van der Waals surface area contributed by atoms with Crippen molar-refractivity contribution in [1.82, 2.24) is 0 Å². The number of alkyl halides is 1. The molecule has 0 aromatic heterocycles. The largest absolute Gasteiger partial charge is 0.355 e. The van der Waals surface area contributed by atoms with Crippen LogP contribution in [0.5, 0.6) is 0 Å². The van der Waals surface area contributed by atoms with Gasteiger partial charge in [-0.2, -0.15) is 0 Å². The summed E-state index contributed by atoms with van der Waals surface area (Å²) in [4.78, 5) is 9.48. The second-order valence-electron chi connectivity index (χ2n) is 1.16. The van der Waals surface area contributed by atoms with Crippen LogP contribution in [0.25, 0.3) is 0 Å². The van der Waals surface area contributed by atoms with E-state index in [1.165, 1.54) is 0 Å². The van der Waals surface area contributed by atoms with Crippen molar-refractivity contribution in [3.05, 3.63) is 0 Å². The third-order valence-corrected chi connectivity index (χ3v) is 0.515. The molecule has 41 valence electrons.